The van der Waals surface area contributed by atoms with Gasteiger partial charge in [-0.15, -0.1) is 0 Å². The molecule has 2 saturated heterocycles. The van der Waals surface area contributed by atoms with E-state index >= 15 is 0 Å². The third kappa shape index (κ3) is 7.99. The van der Waals surface area contributed by atoms with Crippen molar-refractivity contribution in [1.82, 2.24) is 0 Å². The molecule has 0 amide bonds. The van der Waals surface area contributed by atoms with Crippen LogP contribution in [0.5, 0.6) is 0 Å². The van der Waals surface area contributed by atoms with E-state index in [2.05, 4.69) is 116 Å². The number of aryl methyl sites for hydroxylation is 2. The lowest BCUT2D eigenvalue weighted by molar-refractivity contribution is -0.662. The van der Waals surface area contributed by atoms with E-state index in [9.17, 15) is 0 Å². The second kappa shape index (κ2) is 16.5. The lowest BCUT2D eigenvalue weighted by Crippen LogP contribution is -3.00. The molecule has 4 heterocycles. The van der Waals surface area contributed by atoms with Gasteiger partial charge in [-0.25, -0.2) is 0 Å². The summed E-state index contributed by atoms with van der Waals surface area (Å²) in [6.45, 7) is 6.17. The summed E-state index contributed by atoms with van der Waals surface area (Å²) < 4.78 is 4.66. The summed E-state index contributed by atoms with van der Waals surface area (Å²) in [5, 5.41) is 4.11. The molecule has 0 bridgehead atoms. The van der Waals surface area contributed by atoms with Crippen molar-refractivity contribution in [3.8, 4) is 0 Å². The molecule has 0 radical (unpaired) electrons. The molecule has 8 rings (SSSR count). The molecule has 4 nitrogen and oxygen atoms in total. The summed E-state index contributed by atoms with van der Waals surface area (Å²) in [4.78, 5) is 5.02. The van der Waals surface area contributed by atoms with Gasteiger partial charge >= 0.3 is 0 Å². The molecule has 258 valence electrons. The standard InChI is InChI=1S/C42H42Cl2N4.2BrH/c43-35-15-17-37-39(45-21-1-2-22-45)19-25-47(41(37)27-35)29-33-11-7-31(8-12-33)5-6-32-9-13-34(14-10-32)30-48-26-20-40(46-23-3-4-24-46)38-18-16-36(44)28-42(38)48;;/h7-20,25-28H,1-6,21-24,29-30H2;2*1H/q+2;;/p-2. The van der Waals surface area contributed by atoms with Gasteiger partial charge in [0.1, 0.15) is 0 Å². The molecule has 0 aliphatic carbocycles. The minimum atomic E-state index is 0. The van der Waals surface area contributed by atoms with E-state index < -0.39 is 0 Å². The maximum absolute atomic E-state index is 6.47. The predicted molar refractivity (Wildman–Crippen MR) is 200 cm³/mol. The first kappa shape index (κ1) is 36.6. The van der Waals surface area contributed by atoms with Crippen molar-refractivity contribution in [2.45, 2.75) is 51.6 Å². The van der Waals surface area contributed by atoms with Crippen molar-refractivity contribution in [3.05, 3.63) is 142 Å². The zero-order valence-corrected chi connectivity index (χ0v) is 32.9. The van der Waals surface area contributed by atoms with E-state index in [4.69, 9.17) is 23.2 Å². The van der Waals surface area contributed by atoms with Crippen molar-refractivity contribution in [2.24, 2.45) is 0 Å². The molecule has 0 N–H and O–H groups in total. The van der Waals surface area contributed by atoms with Gasteiger partial charge in [0.2, 0.25) is 11.0 Å². The van der Waals surface area contributed by atoms with Crippen LogP contribution in [-0.2, 0) is 25.9 Å². The first-order valence-electron chi connectivity index (χ1n) is 17.5. The van der Waals surface area contributed by atoms with Crippen LogP contribution in [-0.4, -0.2) is 26.2 Å². The lowest BCUT2D eigenvalue weighted by Gasteiger charge is -2.19. The van der Waals surface area contributed by atoms with Crippen LogP contribution >= 0.6 is 23.2 Å². The first-order valence-corrected chi connectivity index (χ1v) is 18.2. The Morgan fingerprint density at radius 1 is 0.460 bits per heavy atom. The molecule has 0 atom stereocenters. The molecule has 6 aromatic rings. The molecule has 2 aromatic heterocycles. The summed E-state index contributed by atoms with van der Waals surface area (Å²) >= 11 is 12.9. The highest BCUT2D eigenvalue weighted by molar-refractivity contribution is 6.31. The Balaban J connectivity index is 0.00000216. The van der Waals surface area contributed by atoms with Crippen molar-refractivity contribution < 1.29 is 43.1 Å². The number of benzene rings is 4. The quantitative estimate of drug-likeness (QED) is 0.209. The Bertz CT molecular complexity index is 1920. The summed E-state index contributed by atoms with van der Waals surface area (Å²) in [5.41, 5.74) is 10.3. The van der Waals surface area contributed by atoms with Gasteiger partial charge in [-0.05, 0) is 73.9 Å². The van der Waals surface area contributed by atoms with Gasteiger partial charge in [0.25, 0.3) is 0 Å². The Morgan fingerprint density at radius 3 is 1.20 bits per heavy atom. The number of anilines is 2. The molecule has 2 aliphatic heterocycles. The van der Waals surface area contributed by atoms with Crippen LogP contribution in [0.2, 0.25) is 10.0 Å². The van der Waals surface area contributed by atoms with Crippen LogP contribution in [0.15, 0.2) is 109 Å². The molecule has 0 saturated carbocycles. The maximum atomic E-state index is 6.47. The van der Waals surface area contributed by atoms with Gasteiger partial charge in [-0.3, -0.25) is 0 Å². The first-order chi connectivity index (χ1) is 23.6. The average Bonchev–Trinajstić information content (AvgIpc) is 3.85. The number of halogens is 4. The SMILES string of the molecule is Clc1ccc2c(N3CCCC3)cc[n+](Cc3ccc(CCc4ccc(C[n+]5ccc(N6CCCC6)c6ccc(Cl)cc65)cc4)cc3)c2c1.[Br-].[Br-]. The van der Waals surface area contributed by atoms with Gasteiger partial charge in [0, 0.05) is 71.6 Å². The molecule has 2 fully saturated rings. The molecule has 0 unspecified atom stereocenters. The molecular formula is C42H42Br2Cl2N4. The molecule has 2 aliphatic rings. The fourth-order valence-electron chi connectivity index (χ4n) is 7.63. The number of nitrogens with zero attached hydrogens (tertiary/aromatic N) is 4. The summed E-state index contributed by atoms with van der Waals surface area (Å²) in [6.07, 6.45) is 11.6. The maximum Gasteiger partial charge on any atom is 0.216 e. The number of hydrogen-bond donors (Lipinski definition) is 0. The van der Waals surface area contributed by atoms with Crippen molar-refractivity contribution in [3.63, 3.8) is 0 Å². The fourth-order valence-corrected chi connectivity index (χ4v) is 7.96. The van der Waals surface area contributed by atoms with E-state index in [0.717, 1.165) is 62.2 Å². The summed E-state index contributed by atoms with van der Waals surface area (Å²) in [7, 11) is 0. The Kier molecular flexibility index (Phi) is 12.1. The molecular weight excluding hydrogens is 791 g/mol. The third-order valence-electron chi connectivity index (χ3n) is 10.3. The van der Waals surface area contributed by atoms with E-state index in [1.165, 1.54) is 81.1 Å². The Labute approximate surface area is 326 Å². The fraction of sp³-hybridized carbons (Fsp3) is 0.286. The number of pyridine rings is 2. The van der Waals surface area contributed by atoms with Crippen molar-refractivity contribution in [2.75, 3.05) is 36.0 Å². The largest absolute Gasteiger partial charge is 1.00 e. The predicted octanol–water partition coefficient (Wildman–Crippen LogP) is 2.97. The summed E-state index contributed by atoms with van der Waals surface area (Å²) in [6, 6.07) is 35.4. The van der Waals surface area contributed by atoms with Gasteiger partial charge < -0.3 is 43.8 Å². The number of aromatic nitrogens is 2. The van der Waals surface area contributed by atoms with Crippen molar-refractivity contribution in [1.29, 1.82) is 0 Å². The van der Waals surface area contributed by atoms with Gasteiger partial charge in [-0.1, -0.05) is 71.7 Å². The molecule has 50 heavy (non-hydrogen) atoms. The van der Waals surface area contributed by atoms with Crippen LogP contribution in [0.4, 0.5) is 11.4 Å². The van der Waals surface area contributed by atoms with E-state index in [1.807, 2.05) is 12.1 Å². The monoisotopic (exact) mass is 830 g/mol. The van der Waals surface area contributed by atoms with Crippen LogP contribution in [0.25, 0.3) is 21.8 Å². The minimum absolute atomic E-state index is 0. The molecule has 4 aromatic carbocycles. The second-order valence-electron chi connectivity index (χ2n) is 13.5. The number of hydrogen-bond acceptors (Lipinski definition) is 2. The normalized spacial score (nSPS) is 14.3. The average molecular weight is 834 g/mol. The number of rotatable bonds is 9. The molecule has 0 spiro atoms. The van der Waals surface area contributed by atoms with Crippen LogP contribution in [0, 0.1) is 0 Å². The van der Waals surface area contributed by atoms with Crippen LogP contribution in [0.3, 0.4) is 0 Å². The van der Waals surface area contributed by atoms with Gasteiger partial charge in [-0.2, -0.15) is 9.13 Å². The Morgan fingerprint density at radius 2 is 0.820 bits per heavy atom. The molecule has 8 heteroatoms. The highest BCUT2D eigenvalue weighted by atomic mass is 79.9. The van der Waals surface area contributed by atoms with E-state index in [1.54, 1.807) is 0 Å². The van der Waals surface area contributed by atoms with E-state index in [0.29, 0.717) is 0 Å². The Hall–Kier alpha value is -3.16. The van der Waals surface area contributed by atoms with Gasteiger partial charge in [0.05, 0.1) is 22.1 Å². The van der Waals surface area contributed by atoms with Crippen molar-refractivity contribution >= 4 is 56.4 Å². The second-order valence-corrected chi connectivity index (χ2v) is 14.4. The topological polar surface area (TPSA) is 14.2 Å². The highest BCUT2D eigenvalue weighted by Gasteiger charge is 2.22. The summed E-state index contributed by atoms with van der Waals surface area (Å²) in [5.74, 6) is 0. The third-order valence-corrected chi connectivity index (χ3v) is 10.7. The zero-order valence-electron chi connectivity index (χ0n) is 28.2. The van der Waals surface area contributed by atoms with E-state index in [-0.39, 0.29) is 34.0 Å². The highest BCUT2D eigenvalue weighted by Crippen LogP contribution is 2.31. The minimum Gasteiger partial charge on any atom is -1.00 e. The number of fused-ring (bicyclic) bond motifs is 2. The zero-order chi connectivity index (χ0) is 32.5. The smallest absolute Gasteiger partial charge is 0.216 e. The van der Waals surface area contributed by atoms with Crippen LogP contribution in [0.1, 0.15) is 47.9 Å². The van der Waals surface area contributed by atoms with Gasteiger partial charge in [0.15, 0.2) is 25.5 Å². The van der Waals surface area contributed by atoms with Crippen LogP contribution < -0.4 is 52.9 Å². The lowest BCUT2D eigenvalue weighted by atomic mass is 10.0.